The third-order valence-corrected chi connectivity index (χ3v) is 2.75. The van der Waals surface area contributed by atoms with Gasteiger partial charge in [0.2, 0.25) is 0 Å². The second-order valence-electron chi connectivity index (χ2n) is 4.17. The molecule has 1 aliphatic rings. The van der Waals surface area contributed by atoms with Crippen LogP contribution in [0.25, 0.3) is 0 Å². The Morgan fingerprint density at radius 1 is 1.42 bits per heavy atom. The van der Waals surface area contributed by atoms with Crippen LogP contribution in [0, 0.1) is 5.92 Å². The van der Waals surface area contributed by atoms with Crippen LogP contribution in [-0.2, 0) is 9.53 Å². The Bertz CT molecular complexity index is 348. The van der Waals surface area contributed by atoms with E-state index in [4.69, 9.17) is 9.84 Å². The summed E-state index contributed by atoms with van der Waals surface area (Å²) in [5, 5.41) is 11.1. The molecule has 9 heteroatoms. The molecule has 19 heavy (non-hydrogen) atoms. The summed E-state index contributed by atoms with van der Waals surface area (Å²) in [6.45, 7) is -0.180. The zero-order valence-electron chi connectivity index (χ0n) is 10.2. The molecule has 0 bridgehead atoms. The summed E-state index contributed by atoms with van der Waals surface area (Å²) in [5.41, 5.74) is 0. The van der Waals surface area contributed by atoms with Crippen LogP contribution >= 0.6 is 0 Å². The van der Waals surface area contributed by atoms with Gasteiger partial charge in [-0.05, 0) is 6.92 Å². The van der Waals surface area contributed by atoms with E-state index in [1.54, 1.807) is 0 Å². The van der Waals surface area contributed by atoms with Crippen LogP contribution in [0.5, 0.6) is 0 Å². The van der Waals surface area contributed by atoms with Gasteiger partial charge in [-0.25, -0.2) is 4.79 Å². The number of alkyl halides is 3. The van der Waals surface area contributed by atoms with Crippen LogP contribution in [0.4, 0.5) is 18.0 Å². The third kappa shape index (κ3) is 4.58. The molecule has 0 spiro atoms. The minimum atomic E-state index is -4.49. The Balaban J connectivity index is 2.59. The maximum Gasteiger partial charge on any atom is 0.406 e. The second kappa shape index (κ2) is 6.09. The number of carboxylic acid groups (broad SMARTS) is 1. The highest BCUT2D eigenvalue weighted by molar-refractivity contribution is 5.77. The van der Waals surface area contributed by atoms with Gasteiger partial charge < -0.3 is 20.1 Å². The normalized spacial score (nSPS) is 23.2. The highest BCUT2D eigenvalue weighted by Gasteiger charge is 2.37. The lowest BCUT2D eigenvalue weighted by atomic mass is 10.0. The number of hydrogen-bond acceptors (Lipinski definition) is 3. The van der Waals surface area contributed by atoms with Crippen LogP contribution in [0.15, 0.2) is 0 Å². The average molecular weight is 284 g/mol. The number of hydrogen-bond donors (Lipinski definition) is 2. The summed E-state index contributed by atoms with van der Waals surface area (Å²) < 4.78 is 41.6. The van der Waals surface area contributed by atoms with Crippen molar-refractivity contribution < 1.29 is 32.6 Å². The van der Waals surface area contributed by atoms with Gasteiger partial charge in [-0.2, -0.15) is 13.2 Å². The number of halogens is 3. The van der Waals surface area contributed by atoms with Crippen LogP contribution in [0.2, 0.25) is 0 Å². The van der Waals surface area contributed by atoms with Gasteiger partial charge in [0.25, 0.3) is 0 Å². The van der Waals surface area contributed by atoms with E-state index in [0.717, 1.165) is 0 Å². The van der Waals surface area contributed by atoms with Crippen LogP contribution < -0.4 is 5.32 Å². The molecular weight excluding hydrogens is 269 g/mol. The Hall–Kier alpha value is -1.51. The van der Waals surface area contributed by atoms with E-state index >= 15 is 0 Å². The first-order valence-electron chi connectivity index (χ1n) is 5.67. The SMILES string of the molecule is CCN(CC(F)(F)F)C(=O)NC1COCC1C(=O)O. The van der Waals surface area contributed by atoms with Gasteiger partial charge in [-0.3, -0.25) is 4.79 Å². The van der Waals surface area contributed by atoms with Crippen molar-refractivity contribution in [2.24, 2.45) is 5.92 Å². The molecule has 1 saturated heterocycles. The lowest BCUT2D eigenvalue weighted by Gasteiger charge is -2.25. The first-order chi connectivity index (χ1) is 8.74. The number of nitrogens with zero attached hydrogens (tertiary/aromatic N) is 1. The summed E-state index contributed by atoms with van der Waals surface area (Å²) in [6, 6.07) is -1.76. The first-order valence-corrected chi connectivity index (χ1v) is 5.67. The zero-order valence-corrected chi connectivity index (χ0v) is 10.2. The molecule has 0 aromatic rings. The molecule has 1 aliphatic heterocycles. The van der Waals surface area contributed by atoms with Gasteiger partial charge in [0.1, 0.15) is 12.5 Å². The highest BCUT2D eigenvalue weighted by Crippen LogP contribution is 2.18. The fourth-order valence-electron chi connectivity index (χ4n) is 1.73. The second-order valence-corrected chi connectivity index (χ2v) is 4.17. The van der Waals surface area contributed by atoms with Crippen molar-refractivity contribution in [1.82, 2.24) is 10.2 Å². The summed E-state index contributed by atoms with van der Waals surface area (Å²) >= 11 is 0. The lowest BCUT2D eigenvalue weighted by molar-refractivity contribution is -0.143. The molecule has 0 aromatic heterocycles. The summed E-state index contributed by atoms with van der Waals surface area (Å²) in [7, 11) is 0. The number of nitrogens with one attached hydrogen (secondary N) is 1. The third-order valence-electron chi connectivity index (χ3n) is 2.75. The van der Waals surface area contributed by atoms with E-state index in [-0.39, 0.29) is 19.8 Å². The molecule has 110 valence electrons. The van der Waals surface area contributed by atoms with E-state index < -0.39 is 36.7 Å². The first kappa shape index (κ1) is 15.5. The lowest BCUT2D eigenvalue weighted by Crippen LogP contribution is -2.51. The zero-order chi connectivity index (χ0) is 14.6. The number of carbonyl (C=O) groups is 2. The Morgan fingerprint density at radius 2 is 2.05 bits per heavy atom. The number of urea groups is 1. The van der Waals surface area contributed by atoms with Crippen molar-refractivity contribution in [2.45, 2.75) is 19.1 Å². The molecule has 1 rings (SSSR count). The molecule has 0 aliphatic carbocycles. The fraction of sp³-hybridized carbons (Fsp3) is 0.800. The maximum absolute atomic E-state index is 12.2. The van der Waals surface area contributed by atoms with Crippen molar-refractivity contribution in [3.05, 3.63) is 0 Å². The molecule has 0 radical (unpaired) electrons. The van der Waals surface area contributed by atoms with Crippen molar-refractivity contribution >= 4 is 12.0 Å². The molecule has 2 N–H and O–H groups in total. The molecule has 2 atom stereocenters. The molecule has 2 unspecified atom stereocenters. The Kier molecular flexibility index (Phi) is 4.98. The molecular formula is C10H15F3N2O4. The Morgan fingerprint density at radius 3 is 2.53 bits per heavy atom. The van der Waals surface area contributed by atoms with E-state index in [1.807, 2.05) is 0 Å². The molecule has 1 fully saturated rings. The summed E-state index contributed by atoms with van der Waals surface area (Å²) in [5.74, 6) is -2.09. The average Bonchev–Trinajstić information content (AvgIpc) is 2.72. The quantitative estimate of drug-likeness (QED) is 0.795. The summed E-state index contributed by atoms with van der Waals surface area (Å²) in [4.78, 5) is 23.0. The van der Waals surface area contributed by atoms with Crippen LogP contribution in [0.3, 0.4) is 0 Å². The predicted octanol–water partition coefficient (Wildman–Crippen LogP) is 0.680. The molecule has 0 aromatic carbocycles. The van der Waals surface area contributed by atoms with Gasteiger partial charge in [-0.1, -0.05) is 0 Å². The van der Waals surface area contributed by atoms with E-state index in [0.29, 0.717) is 4.90 Å². The van der Waals surface area contributed by atoms with Gasteiger partial charge in [0, 0.05) is 6.54 Å². The van der Waals surface area contributed by atoms with Gasteiger partial charge >= 0.3 is 18.2 Å². The topological polar surface area (TPSA) is 78.9 Å². The monoisotopic (exact) mass is 284 g/mol. The van der Waals surface area contributed by atoms with Gasteiger partial charge in [0.05, 0.1) is 19.3 Å². The van der Waals surface area contributed by atoms with E-state index in [9.17, 15) is 22.8 Å². The maximum atomic E-state index is 12.2. The van der Waals surface area contributed by atoms with E-state index in [1.165, 1.54) is 6.92 Å². The number of ether oxygens (including phenoxy) is 1. The number of rotatable bonds is 4. The predicted molar refractivity (Wildman–Crippen MR) is 57.6 cm³/mol. The minimum Gasteiger partial charge on any atom is -0.481 e. The molecule has 6 nitrogen and oxygen atoms in total. The molecule has 1 heterocycles. The number of aliphatic carboxylic acids is 1. The fourth-order valence-corrected chi connectivity index (χ4v) is 1.73. The Labute approximate surface area is 107 Å². The summed E-state index contributed by atoms with van der Waals surface area (Å²) in [6.07, 6.45) is -4.49. The number of carboxylic acids is 1. The van der Waals surface area contributed by atoms with Crippen molar-refractivity contribution in [3.63, 3.8) is 0 Å². The molecule has 0 saturated carbocycles. The van der Waals surface area contributed by atoms with Crippen molar-refractivity contribution in [1.29, 1.82) is 0 Å². The standard InChI is InChI=1S/C10H15F3N2O4/c1-2-15(5-10(11,12)13)9(18)14-7-4-19-3-6(7)8(16)17/h6-7H,2-5H2,1H3,(H,14,18)(H,16,17). The van der Waals surface area contributed by atoms with Crippen LogP contribution in [0.1, 0.15) is 6.92 Å². The smallest absolute Gasteiger partial charge is 0.406 e. The molecule has 2 amide bonds. The van der Waals surface area contributed by atoms with E-state index in [2.05, 4.69) is 5.32 Å². The van der Waals surface area contributed by atoms with Gasteiger partial charge in [-0.15, -0.1) is 0 Å². The largest absolute Gasteiger partial charge is 0.481 e. The number of carbonyl (C=O) groups excluding carboxylic acids is 1. The number of amides is 2. The van der Waals surface area contributed by atoms with Crippen LogP contribution in [-0.4, -0.2) is 60.5 Å². The van der Waals surface area contributed by atoms with Gasteiger partial charge in [0.15, 0.2) is 0 Å². The van der Waals surface area contributed by atoms with Crippen molar-refractivity contribution in [3.8, 4) is 0 Å². The van der Waals surface area contributed by atoms with Crippen molar-refractivity contribution in [2.75, 3.05) is 26.3 Å². The highest BCUT2D eigenvalue weighted by atomic mass is 19.4. The minimum absolute atomic E-state index is 0.0215.